The number of hydrogen-bond acceptors (Lipinski definition) is 4. The fraction of sp³-hybridized carbons (Fsp3) is 0.471. The summed E-state index contributed by atoms with van der Waals surface area (Å²) >= 11 is 0. The second kappa shape index (κ2) is 5.23. The van der Waals surface area contributed by atoms with Gasteiger partial charge in [0, 0.05) is 30.1 Å². The Morgan fingerprint density at radius 1 is 1.32 bits per heavy atom. The number of rotatable bonds is 2. The minimum absolute atomic E-state index is 0.0703. The van der Waals surface area contributed by atoms with Gasteiger partial charge in [-0.3, -0.25) is 4.99 Å². The highest BCUT2D eigenvalue weighted by Crippen LogP contribution is 2.46. The van der Waals surface area contributed by atoms with Crippen LogP contribution in [-0.4, -0.2) is 39.2 Å². The first-order chi connectivity index (χ1) is 10.3. The van der Waals surface area contributed by atoms with Gasteiger partial charge in [-0.25, -0.2) is 8.42 Å². The lowest BCUT2D eigenvalue weighted by Crippen LogP contribution is -2.23. The van der Waals surface area contributed by atoms with Crippen LogP contribution >= 0.6 is 0 Å². The molecule has 2 aliphatic heterocycles. The summed E-state index contributed by atoms with van der Waals surface area (Å²) in [5.74, 6) is 0.453. The quantitative estimate of drug-likeness (QED) is 0.788. The highest BCUT2D eigenvalue weighted by Gasteiger charge is 2.37. The van der Waals surface area contributed by atoms with Gasteiger partial charge in [-0.2, -0.15) is 0 Å². The average Bonchev–Trinajstić information content (AvgIpc) is 2.90. The third-order valence-corrected chi connectivity index (χ3v) is 6.43. The van der Waals surface area contributed by atoms with Gasteiger partial charge in [0.1, 0.15) is 0 Å². The Hall–Kier alpha value is -1.62. The normalized spacial score (nSPS) is 27.7. The molecule has 0 bridgehead atoms. The number of aliphatic imine (C=N–C) groups is 1. The topological polar surface area (TPSA) is 49.7 Å². The molecule has 1 fully saturated rings. The Morgan fingerprint density at radius 2 is 2.05 bits per heavy atom. The van der Waals surface area contributed by atoms with Crippen molar-refractivity contribution in [3.8, 4) is 0 Å². The van der Waals surface area contributed by atoms with Crippen molar-refractivity contribution in [1.29, 1.82) is 0 Å². The molecule has 0 aromatic heterocycles. The molecule has 0 radical (unpaired) electrons. The summed E-state index contributed by atoms with van der Waals surface area (Å²) in [6.07, 6.45) is 4.44. The molecular weight excluding hydrogens is 296 g/mol. The second-order valence-electron chi connectivity index (χ2n) is 6.61. The van der Waals surface area contributed by atoms with E-state index < -0.39 is 9.84 Å². The van der Waals surface area contributed by atoms with Gasteiger partial charge in [0.2, 0.25) is 0 Å². The zero-order valence-electron chi connectivity index (χ0n) is 13.3. The molecule has 1 atom stereocenters. The molecule has 0 N–H and O–H groups in total. The maximum atomic E-state index is 11.5. The molecule has 118 valence electrons. The van der Waals surface area contributed by atoms with Gasteiger partial charge in [-0.15, -0.1) is 0 Å². The lowest BCUT2D eigenvalue weighted by molar-refractivity contribution is 0.601. The second-order valence-corrected chi connectivity index (χ2v) is 8.84. The van der Waals surface area contributed by atoms with Crippen molar-refractivity contribution in [2.24, 2.45) is 4.99 Å². The summed E-state index contributed by atoms with van der Waals surface area (Å²) in [6, 6.07) is 8.31. The molecule has 1 aromatic rings. The minimum atomic E-state index is -2.87. The van der Waals surface area contributed by atoms with Crippen LogP contribution in [-0.2, 0) is 15.3 Å². The Labute approximate surface area is 132 Å². The number of nitrogens with zero attached hydrogens (tertiary/aromatic N) is 2. The molecular formula is C17H22N2O2S. The molecule has 0 spiro atoms. The lowest BCUT2D eigenvalue weighted by Gasteiger charge is -2.23. The van der Waals surface area contributed by atoms with Crippen molar-refractivity contribution in [1.82, 2.24) is 0 Å². The van der Waals surface area contributed by atoms with Crippen LogP contribution in [0, 0.1) is 0 Å². The van der Waals surface area contributed by atoms with Crippen LogP contribution in [0.4, 0.5) is 5.69 Å². The Balaban J connectivity index is 1.84. The predicted molar refractivity (Wildman–Crippen MR) is 91.5 cm³/mol. The van der Waals surface area contributed by atoms with E-state index in [-0.39, 0.29) is 23.0 Å². The van der Waals surface area contributed by atoms with Gasteiger partial charge in [-0.1, -0.05) is 32.0 Å². The Morgan fingerprint density at radius 3 is 2.68 bits per heavy atom. The summed E-state index contributed by atoms with van der Waals surface area (Å²) in [6.45, 7) is 4.41. The van der Waals surface area contributed by atoms with E-state index in [4.69, 9.17) is 0 Å². The van der Waals surface area contributed by atoms with Crippen molar-refractivity contribution in [3.05, 3.63) is 41.6 Å². The van der Waals surface area contributed by atoms with E-state index in [1.807, 2.05) is 12.1 Å². The van der Waals surface area contributed by atoms with Crippen molar-refractivity contribution in [2.75, 3.05) is 23.5 Å². The van der Waals surface area contributed by atoms with Crippen molar-refractivity contribution >= 4 is 21.7 Å². The van der Waals surface area contributed by atoms with E-state index in [9.17, 15) is 8.42 Å². The van der Waals surface area contributed by atoms with Gasteiger partial charge in [0.05, 0.1) is 17.5 Å². The molecule has 22 heavy (non-hydrogen) atoms. The first kappa shape index (κ1) is 15.3. The maximum Gasteiger partial charge on any atom is 0.152 e. The lowest BCUT2D eigenvalue weighted by atomic mass is 9.84. The molecule has 0 saturated carbocycles. The van der Waals surface area contributed by atoms with E-state index in [0.717, 1.165) is 0 Å². The molecule has 3 rings (SSSR count). The van der Waals surface area contributed by atoms with Crippen molar-refractivity contribution in [3.63, 3.8) is 0 Å². The summed E-state index contributed by atoms with van der Waals surface area (Å²) in [4.78, 5) is 6.63. The molecule has 1 saturated heterocycles. The van der Waals surface area contributed by atoms with E-state index >= 15 is 0 Å². The van der Waals surface area contributed by atoms with Crippen LogP contribution in [0.15, 0.2) is 41.0 Å². The van der Waals surface area contributed by atoms with Gasteiger partial charge < -0.3 is 4.90 Å². The third-order valence-electron chi connectivity index (χ3n) is 4.68. The number of hydrogen-bond donors (Lipinski definition) is 0. The van der Waals surface area contributed by atoms with Crippen LogP contribution in [0.1, 0.15) is 25.8 Å². The molecule has 5 heteroatoms. The standard InChI is InChI=1S/C17H22N2O2S/c1-17(2)14-6-4-5-7-15(14)19(3)16(17)8-10-18-13-9-11-22(20,21)12-13/h4-8,10,13H,9,11-12H2,1-3H3/b16-8-,18-10?. The van der Waals surface area contributed by atoms with Gasteiger partial charge in [0.25, 0.3) is 0 Å². The van der Waals surface area contributed by atoms with Crippen LogP contribution in [0.25, 0.3) is 0 Å². The largest absolute Gasteiger partial charge is 0.347 e. The average molecular weight is 318 g/mol. The smallest absolute Gasteiger partial charge is 0.152 e. The Bertz CT molecular complexity index is 748. The highest BCUT2D eigenvalue weighted by atomic mass is 32.2. The molecule has 2 aliphatic rings. The van der Waals surface area contributed by atoms with E-state index in [2.05, 4.69) is 49.0 Å². The molecule has 0 amide bonds. The van der Waals surface area contributed by atoms with Crippen LogP contribution in [0.2, 0.25) is 0 Å². The minimum Gasteiger partial charge on any atom is -0.347 e. The molecule has 1 aromatic carbocycles. The fourth-order valence-electron chi connectivity index (χ4n) is 3.43. The van der Waals surface area contributed by atoms with Crippen LogP contribution in [0.5, 0.6) is 0 Å². The number of allylic oxidation sites excluding steroid dienone is 2. The van der Waals surface area contributed by atoms with Crippen LogP contribution in [0.3, 0.4) is 0 Å². The third kappa shape index (κ3) is 2.58. The summed E-state index contributed by atoms with van der Waals surface area (Å²) in [7, 11) is -0.804. The summed E-state index contributed by atoms with van der Waals surface area (Å²) in [5.41, 5.74) is 3.63. The Kier molecular flexibility index (Phi) is 3.63. The summed E-state index contributed by atoms with van der Waals surface area (Å²) in [5, 5.41) is 0. The highest BCUT2D eigenvalue weighted by molar-refractivity contribution is 7.91. The van der Waals surface area contributed by atoms with Crippen LogP contribution < -0.4 is 4.90 Å². The van der Waals surface area contributed by atoms with Gasteiger partial charge >= 0.3 is 0 Å². The number of sulfone groups is 1. The maximum absolute atomic E-state index is 11.5. The summed E-state index contributed by atoms with van der Waals surface area (Å²) < 4.78 is 22.9. The number of fused-ring (bicyclic) bond motifs is 1. The first-order valence-corrected chi connectivity index (χ1v) is 9.41. The number of para-hydroxylation sites is 1. The molecule has 0 aliphatic carbocycles. The SMILES string of the molecule is CN1/C(=C\C=NC2CCS(=O)(=O)C2)C(C)(C)c2ccccc21. The zero-order valence-corrected chi connectivity index (χ0v) is 14.1. The first-order valence-electron chi connectivity index (χ1n) is 7.59. The predicted octanol–water partition coefficient (Wildman–Crippen LogP) is 2.56. The van der Waals surface area contributed by atoms with Crippen molar-refractivity contribution in [2.45, 2.75) is 31.7 Å². The van der Waals surface area contributed by atoms with E-state index in [1.54, 1.807) is 6.21 Å². The fourth-order valence-corrected chi connectivity index (χ4v) is 5.07. The van der Waals surface area contributed by atoms with E-state index in [0.29, 0.717) is 6.42 Å². The number of benzene rings is 1. The van der Waals surface area contributed by atoms with Gasteiger partial charge in [0.15, 0.2) is 9.84 Å². The van der Waals surface area contributed by atoms with Crippen molar-refractivity contribution < 1.29 is 8.42 Å². The molecule has 1 unspecified atom stereocenters. The molecule has 4 nitrogen and oxygen atoms in total. The number of likely N-dealkylation sites (N-methyl/N-ethyl adjacent to an activating group) is 1. The molecule has 2 heterocycles. The zero-order chi connectivity index (χ0) is 16.0. The van der Waals surface area contributed by atoms with Gasteiger partial charge in [-0.05, 0) is 24.1 Å². The van der Waals surface area contributed by atoms with E-state index in [1.165, 1.54) is 16.9 Å². The number of anilines is 1. The monoisotopic (exact) mass is 318 g/mol.